The Labute approximate surface area is 235 Å². The summed E-state index contributed by atoms with van der Waals surface area (Å²) in [6, 6.07) is 4.73. The second-order valence-electron chi connectivity index (χ2n) is 12.2. The molecule has 212 valence electrons. The van der Waals surface area contributed by atoms with Gasteiger partial charge < -0.3 is 19.7 Å². The molecule has 8 heteroatoms. The molecule has 1 aromatic carbocycles. The number of rotatable bonds is 6. The number of pyridine rings is 1. The summed E-state index contributed by atoms with van der Waals surface area (Å²) in [5, 5.41) is 4.18. The molecule has 3 fully saturated rings. The van der Waals surface area contributed by atoms with Gasteiger partial charge in [0, 0.05) is 56.4 Å². The number of aryl methyl sites for hydroxylation is 1. The molecule has 2 amide bonds. The Kier molecular flexibility index (Phi) is 7.62. The number of amides is 2. The number of nitrogens with one attached hydrogen (secondary N) is 1. The largest absolute Gasteiger partial charge is 0.356 e. The van der Waals surface area contributed by atoms with E-state index < -0.39 is 5.82 Å². The quantitative estimate of drug-likeness (QED) is 0.480. The van der Waals surface area contributed by atoms with E-state index in [1.54, 1.807) is 6.07 Å². The van der Waals surface area contributed by atoms with Gasteiger partial charge in [-0.25, -0.2) is 4.39 Å². The Morgan fingerprint density at radius 3 is 2.83 bits per heavy atom. The second-order valence-corrected chi connectivity index (χ2v) is 12.2. The molecule has 7 nitrogen and oxygen atoms in total. The van der Waals surface area contributed by atoms with Crippen molar-refractivity contribution < 1.29 is 14.0 Å². The summed E-state index contributed by atoms with van der Waals surface area (Å²) in [7, 11) is 0. The molecular weight excluding hydrogens is 505 g/mol. The molecule has 0 unspecified atom stereocenters. The van der Waals surface area contributed by atoms with Crippen molar-refractivity contribution in [3.63, 3.8) is 0 Å². The number of hydrogen-bond acceptors (Lipinski definition) is 4. The highest BCUT2D eigenvalue weighted by molar-refractivity contribution is 5.99. The first kappa shape index (κ1) is 26.9. The van der Waals surface area contributed by atoms with Crippen molar-refractivity contribution in [2.24, 2.45) is 11.8 Å². The molecular formula is C32H40FN5O2. The molecule has 3 saturated heterocycles. The van der Waals surface area contributed by atoms with Crippen LogP contribution in [0.5, 0.6) is 0 Å². The fourth-order valence-electron chi connectivity index (χ4n) is 7.16. The third-order valence-corrected chi connectivity index (χ3v) is 9.29. The van der Waals surface area contributed by atoms with Crippen LogP contribution in [0.25, 0.3) is 16.6 Å². The van der Waals surface area contributed by atoms with Crippen molar-refractivity contribution in [2.45, 2.75) is 64.8 Å². The lowest BCUT2D eigenvalue weighted by molar-refractivity contribution is -0.120. The van der Waals surface area contributed by atoms with Gasteiger partial charge in [-0.15, -0.1) is 0 Å². The molecule has 1 N–H and O–H groups in total. The van der Waals surface area contributed by atoms with Crippen molar-refractivity contribution in [2.75, 3.05) is 32.7 Å². The Bertz CT molecular complexity index is 1420. The number of aromatic nitrogens is 2. The molecule has 40 heavy (non-hydrogen) atoms. The molecule has 5 heterocycles. The van der Waals surface area contributed by atoms with E-state index in [2.05, 4.69) is 39.8 Å². The van der Waals surface area contributed by atoms with Crippen LogP contribution in [-0.2, 0) is 11.2 Å². The Morgan fingerprint density at radius 1 is 1.12 bits per heavy atom. The third-order valence-electron chi connectivity index (χ3n) is 9.29. The van der Waals surface area contributed by atoms with Gasteiger partial charge in [0.15, 0.2) is 0 Å². The summed E-state index contributed by atoms with van der Waals surface area (Å²) in [4.78, 5) is 34.3. The summed E-state index contributed by atoms with van der Waals surface area (Å²) < 4.78 is 16.5. The van der Waals surface area contributed by atoms with Crippen molar-refractivity contribution in [1.82, 2.24) is 24.7 Å². The van der Waals surface area contributed by atoms with Gasteiger partial charge in [0.2, 0.25) is 5.91 Å². The van der Waals surface area contributed by atoms with E-state index in [1.165, 1.54) is 23.1 Å². The zero-order valence-corrected chi connectivity index (χ0v) is 23.7. The van der Waals surface area contributed by atoms with Crippen molar-refractivity contribution >= 4 is 22.7 Å². The maximum atomic E-state index is 14.5. The van der Waals surface area contributed by atoms with Gasteiger partial charge in [-0.2, -0.15) is 0 Å². The Hall–Kier alpha value is -3.26. The zero-order valence-electron chi connectivity index (χ0n) is 23.7. The molecule has 3 aromatic rings. The van der Waals surface area contributed by atoms with Gasteiger partial charge in [-0.05, 0) is 100 Å². The number of benzene rings is 1. The molecule has 0 radical (unpaired) electrons. The molecule has 3 aliphatic rings. The van der Waals surface area contributed by atoms with Crippen molar-refractivity contribution in [3.8, 4) is 5.69 Å². The highest BCUT2D eigenvalue weighted by Crippen LogP contribution is 2.33. The lowest BCUT2D eigenvalue weighted by Gasteiger charge is -2.23. The SMILES string of the molecule is Cc1cncc2c1c(C[C@@H]1CCN(C[C@@H]3CCNC(=O)CC3)C1)cn2-c1ccc(F)cc1C(=O)N1CCC[C@H]1C. The van der Waals surface area contributed by atoms with Crippen LogP contribution in [0.1, 0.15) is 66.9 Å². The normalized spacial score (nSPS) is 24.0. The summed E-state index contributed by atoms with van der Waals surface area (Å²) in [5.74, 6) is 0.789. The Balaban J connectivity index is 1.27. The van der Waals surface area contributed by atoms with E-state index in [4.69, 9.17) is 0 Å². The van der Waals surface area contributed by atoms with E-state index in [-0.39, 0.29) is 17.9 Å². The minimum Gasteiger partial charge on any atom is -0.356 e. The lowest BCUT2D eigenvalue weighted by Crippen LogP contribution is -2.34. The van der Waals surface area contributed by atoms with Crippen molar-refractivity contribution in [3.05, 3.63) is 59.3 Å². The maximum absolute atomic E-state index is 14.5. The van der Waals surface area contributed by atoms with Crippen LogP contribution in [-0.4, -0.2) is 69.9 Å². The molecule has 6 rings (SSSR count). The minimum absolute atomic E-state index is 0.106. The van der Waals surface area contributed by atoms with Crippen LogP contribution < -0.4 is 5.32 Å². The topological polar surface area (TPSA) is 70.5 Å². The average molecular weight is 546 g/mol. The van der Waals surface area contributed by atoms with Crippen LogP contribution in [0.15, 0.2) is 36.8 Å². The van der Waals surface area contributed by atoms with Crippen molar-refractivity contribution in [1.29, 1.82) is 0 Å². The van der Waals surface area contributed by atoms with Crippen LogP contribution in [0.4, 0.5) is 4.39 Å². The molecule has 2 aromatic heterocycles. The number of hydrogen-bond donors (Lipinski definition) is 1. The molecule has 0 spiro atoms. The Morgan fingerprint density at radius 2 is 2.00 bits per heavy atom. The highest BCUT2D eigenvalue weighted by atomic mass is 19.1. The van der Waals surface area contributed by atoms with E-state index in [0.29, 0.717) is 36.1 Å². The zero-order chi connectivity index (χ0) is 27.8. The number of carbonyl (C=O) groups is 2. The first-order valence-corrected chi connectivity index (χ1v) is 14.9. The molecule has 3 aliphatic heterocycles. The van der Waals surface area contributed by atoms with E-state index in [9.17, 15) is 14.0 Å². The molecule has 0 aliphatic carbocycles. The number of carbonyl (C=O) groups excluding carboxylic acids is 2. The van der Waals surface area contributed by atoms with Crippen LogP contribution in [0, 0.1) is 24.6 Å². The second kappa shape index (κ2) is 11.3. The fraction of sp³-hybridized carbons (Fsp3) is 0.531. The predicted octanol–water partition coefficient (Wildman–Crippen LogP) is 4.88. The number of likely N-dealkylation sites (tertiary alicyclic amines) is 2. The van der Waals surface area contributed by atoms with Gasteiger partial charge in [-0.3, -0.25) is 14.6 Å². The minimum atomic E-state index is -0.398. The smallest absolute Gasteiger partial charge is 0.256 e. The molecule has 3 atom stereocenters. The van der Waals surface area contributed by atoms with E-state index in [1.807, 2.05) is 17.3 Å². The van der Waals surface area contributed by atoms with Gasteiger partial charge in [-0.1, -0.05) is 0 Å². The molecule has 0 bridgehead atoms. The number of fused-ring (bicyclic) bond motifs is 1. The van der Waals surface area contributed by atoms with Gasteiger partial charge in [0.05, 0.1) is 23.0 Å². The summed E-state index contributed by atoms with van der Waals surface area (Å²) in [6.07, 6.45) is 12.6. The van der Waals surface area contributed by atoms with Gasteiger partial charge in [0.1, 0.15) is 5.82 Å². The highest BCUT2D eigenvalue weighted by Gasteiger charge is 2.30. The molecule has 0 saturated carbocycles. The van der Waals surface area contributed by atoms with Gasteiger partial charge >= 0.3 is 0 Å². The summed E-state index contributed by atoms with van der Waals surface area (Å²) >= 11 is 0. The standard InChI is InChI=1S/C32H40FN5O2/c1-21-16-34-17-29-31(21)25(14-24-10-13-36(19-24)18-23-5-8-30(39)35-11-9-23)20-38(29)28-7-6-26(33)15-27(28)32(40)37-12-3-4-22(37)2/h6-7,15-17,20,22-24H,3-5,8-14,18-19H2,1-2H3,(H,35,39)/t22-,23+,24+/m1/s1. The number of nitrogens with zero attached hydrogens (tertiary/aromatic N) is 4. The summed E-state index contributed by atoms with van der Waals surface area (Å²) in [5.41, 5.74) is 4.43. The van der Waals surface area contributed by atoms with E-state index >= 15 is 0 Å². The average Bonchev–Trinajstić information content (AvgIpc) is 3.62. The van der Waals surface area contributed by atoms with Crippen LogP contribution in [0.3, 0.4) is 0 Å². The van der Waals surface area contributed by atoms with Crippen LogP contribution in [0.2, 0.25) is 0 Å². The van der Waals surface area contributed by atoms with Gasteiger partial charge in [0.25, 0.3) is 5.91 Å². The first-order chi connectivity index (χ1) is 19.4. The number of halogens is 1. The predicted molar refractivity (Wildman–Crippen MR) is 154 cm³/mol. The third kappa shape index (κ3) is 5.38. The fourth-order valence-corrected chi connectivity index (χ4v) is 7.16. The summed E-state index contributed by atoms with van der Waals surface area (Å²) in [6.45, 7) is 8.87. The maximum Gasteiger partial charge on any atom is 0.256 e. The van der Waals surface area contributed by atoms with Crippen LogP contribution >= 0.6 is 0 Å². The lowest BCUT2D eigenvalue weighted by atomic mass is 9.97. The monoisotopic (exact) mass is 545 g/mol. The first-order valence-electron chi connectivity index (χ1n) is 14.9. The van der Waals surface area contributed by atoms with E-state index in [0.717, 1.165) is 75.8 Å².